The molecule has 7 heteroatoms. The number of hydrogen-bond donors (Lipinski definition) is 0. The van der Waals surface area contributed by atoms with E-state index in [1.165, 1.54) is 11.0 Å². The first-order valence-electron chi connectivity index (χ1n) is 12.7. The van der Waals surface area contributed by atoms with Crippen molar-refractivity contribution in [3.05, 3.63) is 53.8 Å². The summed E-state index contributed by atoms with van der Waals surface area (Å²) >= 11 is 0. The van der Waals surface area contributed by atoms with Gasteiger partial charge in [0.2, 0.25) is 0 Å². The van der Waals surface area contributed by atoms with E-state index in [0.29, 0.717) is 48.2 Å². The number of unbranched alkanes of at least 4 members (excludes halogenated alkanes) is 1. The van der Waals surface area contributed by atoms with Gasteiger partial charge in [-0.25, -0.2) is 4.39 Å². The molecule has 190 valence electrons. The first-order valence-corrected chi connectivity index (χ1v) is 12.7. The average Bonchev–Trinajstić information content (AvgIpc) is 3.45. The molecule has 0 spiro atoms. The number of nitrogens with zero attached hydrogens (tertiary/aromatic N) is 3. The van der Waals surface area contributed by atoms with Crippen LogP contribution in [0.25, 0.3) is 0 Å². The molecule has 6 nitrogen and oxygen atoms in total. The number of anilines is 2. The maximum absolute atomic E-state index is 15.3. The molecule has 4 rings (SSSR count). The summed E-state index contributed by atoms with van der Waals surface area (Å²) in [4.78, 5) is 19.2. The molecule has 0 N–H and O–H groups in total. The molecule has 0 radical (unpaired) electrons. The lowest BCUT2D eigenvalue weighted by Gasteiger charge is -2.29. The molecule has 1 amide bonds. The Morgan fingerprint density at radius 1 is 1.20 bits per heavy atom. The molecule has 3 atom stereocenters. The molecule has 35 heavy (non-hydrogen) atoms. The van der Waals surface area contributed by atoms with E-state index in [-0.39, 0.29) is 11.7 Å². The lowest BCUT2D eigenvalue weighted by atomic mass is 10.0. The summed E-state index contributed by atoms with van der Waals surface area (Å²) in [6, 6.07) is 12.9. The minimum absolute atomic E-state index is 0.183. The van der Waals surface area contributed by atoms with Crippen LogP contribution >= 0.6 is 0 Å². The highest BCUT2D eigenvalue weighted by molar-refractivity contribution is 6.05. The third-order valence-electron chi connectivity index (χ3n) is 7.41. The van der Waals surface area contributed by atoms with Gasteiger partial charge in [0.1, 0.15) is 11.6 Å². The van der Waals surface area contributed by atoms with Crippen molar-refractivity contribution >= 4 is 17.3 Å². The van der Waals surface area contributed by atoms with Gasteiger partial charge < -0.3 is 19.3 Å². The SMILES string of the molecule is CCCCOc1ccc(C(=O)N(C)c2ccc(N3CC[C@@H]4CN(C(C)COC)C[C@@H]43)c(F)c2)cc1. The molecule has 0 aliphatic carbocycles. The molecule has 0 aromatic heterocycles. The van der Waals surface area contributed by atoms with Crippen LogP contribution in [0, 0.1) is 11.7 Å². The third kappa shape index (κ3) is 5.62. The number of carbonyl (C=O) groups is 1. The summed E-state index contributed by atoms with van der Waals surface area (Å²) in [6.07, 6.45) is 3.13. The van der Waals surface area contributed by atoms with Crippen LogP contribution in [0.1, 0.15) is 43.5 Å². The largest absolute Gasteiger partial charge is 0.494 e. The standard InChI is InChI=1S/C28H38FN3O3/c1-5-6-15-35-24-10-7-21(8-11-24)28(33)30(3)23-9-12-26(25(29)16-23)32-14-13-22-17-31(18-27(22)32)20(2)19-34-4/h7-12,16,20,22,27H,5-6,13-15,17-19H2,1-4H3/t20?,22-,27+/m1/s1. The fourth-order valence-electron chi connectivity index (χ4n) is 5.28. The van der Waals surface area contributed by atoms with Gasteiger partial charge in [-0.3, -0.25) is 9.69 Å². The van der Waals surface area contributed by atoms with Crippen LogP contribution in [-0.4, -0.2) is 69.9 Å². The Bertz CT molecular complexity index is 999. The van der Waals surface area contributed by atoms with Gasteiger partial charge in [0, 0.05) is 57.1 Å². The first kappa shape index (κ1) is 25.5. The Morgan fingerprint density at radius 3 is 2.66 bits per heavy atom. The molecule has 1 unspecified atom stereocenters. The maximum Gasteiger partial charge on any atom is 0.258 e. The molecule has 0 bridgehead atoms. The van der Waals surface area contributed by atoms with Crippen LogP contribution in [0.3, 0.4) is 0 Å². The highest BCUT2D eigenvalue weighted by atomic mass is 19.1. The fourth-order valence-corrected chi connectivity index (χ4v) is 5.28. The minimum atomic E-state index is -0.286. The predicted molar refractivity (Wildman–Crippen MR) is 138 cm³/mol. The number of halogens is 1. The van der Waals surface area contributed by atoms with E-state index in [4.69, 9.17) is 9.47 Å². The highest BCUT2D eigenvalue weighted by Gasteiger charge is 2.43. The molecule has 2 aliphatic heterocycles. The molecular weight excluding hydrogens is 445 g/mol. The number of rotatable bonds is 10. The molecule has 0 saturated carbocycles. The van der Waals surface area contributed by atoms with Gasteiger partial charge in [-0.05, 0) is 68.1 Å². The van der Waals surface area contributed by atoms with Crippen molar-refractivity contribution in [2.24, 2.45) is 5.92 Å². The van der Waals surface area contributed by atoms with Crippen LogP contribution in [0.4, 0.5) is 15.8 Å². The lowest BCUT2D eigenvalue weighted by Crippen LogP contribution is -2.39. The number of benzene rings is 2. The first-order chi connectivity index (χ1) is 16.9. The van der Waals surface area contributed by atoms with E-state index in [2.05, 4.69) is 23.6 Å². The van der Waals surface area contributed by atoms with Crippen LogP contribution < -0.4 is 14.5 Å². The van der Waals surface area contributed by atoms with Gasteiger partial charge in [-0.15, -0.1) is 0 Å². The number of fused-ring (bicyclic) bond motifs is 1. The number of hydrogen-bond acceptors (Lipinski definition) is 5. The van der Waals surface area contributed by atoms with Gasteiger partial charge >= 0.3 is 0 Å². The molecule has 2 aliphatic rings. The zero-order valence-corrected chi connectivity index (χ0v) is 21.4. The van der Waals surface area contributed by atoms with E-state index in [9.17, 15) is 4.79 Å². The van der Waals surface area contributed by atoms with Crippen molar-refractivity contribution in [3.8, 4) is 5.75 Å². The van der Waals surface area contributed by atoms with Crippen molar-refractivity contribution in [2.45, 2.75) is 45.2 Å². The second-order valence-electron chi connectivity index (χ2n) is 9.79. The average molecular weight is 484 g/mol. The summed E-state index contributed by atoms with van der Waals surface area (Å²) in [7, 11) is 3.41. The van der Waals surface area contributed by atoms with E-state index in [0.717, 1.165) is 44.6 Å². The van der Waals surface area contributed by atoms with Crippen molar-refractivity contribution in [1.29, 1.82) is 0 Å². The summed E-state index contributed by atoms with van der Waals surface area (Å²) < 4.78 is 26.3. The van der Waals surface area contributed by atoms with Gasteiger partial charge in [0.15, 0.2) is 0 Å². The number of likely N-dealkylation sites (tertiary alicyclic amines) is 1. The Balaban J connectivity index is 1.42. The van der Waals surface area contributed by atoms with Crippen molar-refractivity contribution in [1.82, 2.24) is 4.90 Å². The van der Waals surface area contributed by atoms with Gasteiger partial charge in [0.25, 0.3) is 5.91 Å². The van der Waals surface area contributed by atoms with E-state index < -0.39 is 0 Å². The Labute approximate surface area is 208 Å². The van der Waals surface area contributed by atoms with E-state index in [1.807, 2.05) is 24.3 Å². The minimum Gasteiger partial charge on any atom is -0.494 e. The molecule has 2 saturated heterocycles. The van der Waals surface area contributed by atoms with Crippen LogP contribution in [0.15, 0.2) is 42.5 Å². The number of amides is 1. The van der Waals surface area contributed by atoms with Crippen LogP contribution in [0.2, 0.25) is 0 Å². The molecule has 2 fully saturated rings. The van der Waals surface area contributed by atoms with Crippen LogP contribution in [0.5, 0.6) is 5.75 Å². The Hall–Kier alpha value is -2.64. The molecular formula is C28H38FN3O3. The van der Waals surface area contributed by atoms with Crippen LogP contribution in [-0.2, 0) is 4.74 Å². The van der Waals surface area contributed by atoms with Crippen molar-refractivity contribution < 1.29 is 18.7 Å². The normalized spacial score (nSPS) is 20.7. The Kier molecular flexibility index (Phi) is 8.29. The zero-order chi connectivity index (χ0) is 24.9. The molecule has 2 aromatic rings. The molecule has 2 aromatic carbocycles. The smallest absolute Gasteiger partial charge is 0.258 e. The highest BCUT2D eigenvalue weighted by Crippen LogP contribution is 2.37. The summed E-state index contributed by atoms with van der Waals surface area (Å²) in [6.45, 7) is 8.49. The third-order valence-corrected chi connectivity index (χ3v) is 7.41. The van der Waals surface area contributed by atoms with Crippen molar-refractivity contribution in [3.63, 3.8) is 0 Å². The number of ether oxygens (including phenoxy) is 2. The topological polar surface area (TPSA) is 45.2 Å². The fraction of sp³-hybridized carbons (Fsp3) is 0.536. The molecule has 2 heterocycles. The summed E-state index contributed by atoms with van der Waals surface area (Å²) in [5.41, 5.74) is 1.70. The second-order valence-corrected chi connectivity index (χ2v) is 9.79. The maximum atomic E-state index is 15.3. The zero-order valence-electron chi connectivity index (χ0n) is 21.4. The van der Waals surface area contributed by atoms with E-state index >= 15 is 4.39 Å². The predicted octanol–water partition coefficient (Wildman–Crippen LogP) is 4.83. The van der Waals surface area contributed by atoms with Gasteiger partial charge in [-0.1, -0.05) is 13.3 Å². The van der Waals surface area contributed by atoms with Crippen molar-refractivity contribution in [2.75, 3.05) is 56.8 Å². The Morgan fingerprint density at radius 2 is 1.97 bits per heavy atom. The summed E-state index contributed by atoms with van der Waals surface area (Å²) in [5.74, 6) is 0.827. The van der Waals surface area contributed by atoms with Gasteiger partial charge in [0.05, 0.1) is 18.9 Å². The number of methoxy groups -OCH3 is 1. The lowest BCUT2D eigenvalue weighted by molar-refractivity contribution is 0.0993. The number of carbonyl (C=O) groups excluding carboxylic acids is 1. The second kappa shape index (κ2) is 11.4. The van der Waals surface area contributed by atoms with E-state index in [1.54, 1.807) is 26.3 Å². The quantitative estimate of drug-likeness (QED) is 0.453. The monoisotopic (exact) mass is 483 g/mol. The van der Waals surface area contributed by atoms with Gasteiger partial charge in [-0.2, -0.15) is 0 Å². The summed E-state index contributed by atoms with van der Waals surface area (Å²) in [5, 5.41) is 0.